The number of hydrogen-bond donors (Lipinski definition) is 0. The van der Waals surface area contributed by atoms with Crippen LogP contribution in [-0.2, 0) is 6.42 Å². The van der Waals surface area contributed by atoms with Crippen LogP contribution in [0.15, 0.2) is 65.4 Å². The molecule has 2 aromatic carbocycles. The molecule has 0 saturated heterocycles. The molecule has 4 nitrogen and oxygen atoms in total. The number of halogens is 2. The highest BCUT2D eigenvalue weighted by Crippen LogP contribution is 2.38. The average molecular weight is 421 g/mol. The summed E-state index contributed by atoms with van der Waals surface area (Å²) in [6.07, 6.45) is 4.33. The summed E-state index contributed by atoms with van der Waals surface area (Å²) in [4.78, 5) is 15.8. The first-order chi connectivity index (χ1) is 13.2. The maximum Gasteiger partial charge on any atom is 0.163 e. The van der Waals surface area contributed by atoms with Gasteiger partial charge in [-0.1, -0.05) is 22.0 Å². The van der Waals surface area contributed by atoms with Crippen molar-refractivity contribution in [1.29, 1.82) is 0 Å². The number of rotatable bonds is 2. The molecule has 0 radical (unpaired) electrons. The average Bonchev–Trinajstić information content (AvgIpc) is 3.10. The summed E-state index contributed by atoms with van der Waals surface area (Å²) in [5.74, 6) is 1.15. The van der Waals surface area contributed by atoms with Crippen LogP contribution in [0.25, 0.3) is 22.3 Å². The molecule has 2 aromatic heterocycles. The standard InChI is InChI=1S/C21H14BrFN4/c22-15-4-6-18-17(10-15)21(26-20(25-18)14-2-1-8-24-12-14)27-9-7-13-3-5-16(23)11-19(13)27/h1-6,8,10-12H,7,9H2. The van der Waals surface area contributed by atoms with Gasteiger partial charge in [0.25, 0.3) is 0 Å². The fourth-order valence-electron chi connectivity index (χ4n) is 3.49. The van der Waals surface area contributed by atoms with Crippen molar-refractivity contribution in [1.82, 2.24) is 15.0 Å². The SMILES string of the molecule is Fc1ccc2c(c1)N(c1nc(-c3cccnc3)nc3ccc(Br)cc13)CC2. The van der Waals surface area contributed by atoms with Gasteiger partial charge in [0.05, 0.1) is 5.52 Å². The molecule has 0 bridgehead atoms. The molecule has 1 aliphatic rings. The van der Waals surface area contributed by atoms with Crippen LogP contribution in [0.5, 0.6) is 0 Å². The summed E-state index contributed by atoms with van der Waals surface area (Å²) in [7, 11) is 0. The van der Waals surface area contributed by atoms with Gasteiger partial charge in [-0.2, -0.15) is 0 Å². The largest absolute Gasteiger partial charge is 0.325 e. The van der Waals surface area contributed by atoms with Crippen LogP contribution in [0, 0.1) is 5.82 Å². The first-order valence-electron chi connectivity index (χ1n) is 8.63. The minimum atomic E-state index is -0.243. The molecule has 0 atom stereocenters. The molecule has 0 fully saturated rings. The zero-order valence-corrected chi connectivity index (χ0v) is 15.8. The van der Waals surface area contributed by atoms with Crippen LogP contribution in [0.1, 0.15) is 5.56 Å². The van der Waals surface area contributed by atoms with E-state index in [9.17, 15) is 4.39 Å². The van der Waals surface area contributed by atoms with Crippen molar-refractivity contribution < 1.29 is 4.39 Å². The zero-order valence-electron chi connectivity index (χ0n) is 14.2. The fraction of sp³-hybridized carbons (Fsp3) is 0.0952. The van der Waals surface area contributed by atoms with Gasteiger partial charge < -0.3 is 4.90 Å². The quantitative estimate of drug-likeness (QED) is 0.441. The molecule has 27 heavy (non-hydrogen) atoms. The highest BCUT2D eigenvalue weighted by atomic mass is 79.9. The van der Waals surface area contributed by atoms with Gasteiger partial charge in [-0.25, -0.2) is 14.4 Å². The van der Waals surface area contributed by atoms with Crippen molar-refractivity contribution in [2.24, 2.45) is 0 Å². The lowest BCUT2D eigenvalue weighted by Gasteiger charge is -2.21. The molecule has 132 valence electrons. The molecule has 1 aliphatic heterocycles. The first kappa shape index (κ1) is 16.3. The monoisotopic (exact) mass is 420 g/mol. The second-order valence-corrected chi connectivity index (χ2v) is 7.36. The van der Waals surface area contributed by atoms with Gasteiger partial charge in [0.15, 0.2) is 5.82 Å². The Hall–Kier alpha value is -2.86. The van der Waals surface area contributed by atoms with Crippen LogP contribution >= 0.6 is 15.9 Å². The normalized spacial score (nSPS) is 13.2. The fourth-order valence-corrected chi connectivity index (χ4v) is 3.85. The van der Waals surface area contributed by atoms with E-state index in [1.807, 2.05) is 36.4 Å². The van der Waals surface area contributed by atoms with E-state index in [-0.39, 0.29) is 5.82 Å². The summed E-state index contributed by atoms with van der Waals surface area (Å²) in [6, 6.07) is 14.7. The Morgan fingerprint density at radius 2 is 1.96 bits per heavy atom. The van der Waals surface area contributed by atoms with Crippen molar-refractivity contribution >= 4 is 38.3 Å². The summed E-state index contributed by atoms with van der Waals surface area (Å²) < 4.78 is 14.8. The molecule has 0 spiro atoms. The molecular formula is C21H14BrFN4. The van der Waals surface area contributed by atoms with E-state index in [1.165, 1.54) is 6.07 Å². The van der Waals surface area contributed by atoms with E-state index in [1.54, 1.807) is 18.5 Å². The number of benzene rings is 2. The van der Waals surface area contributed by atoms with Gasteiger partial charge in [-0.3, -0.25) is 4.98 Å². The molecule has 6 heteroatoms. The summed E-state index contributed by atoms with van der Waals surface area (Å²) in [5.41, 5.74) is 3.68. The number of hydrogen-bond acceptors (Lipinski definition) is 4. The van der Waals surface area contributed by atoms with Crippen molar-refractivity contribution in [2.75, 3.05) is 11.4 Å². The van der Waals surface area contributed by atoms with E-state index < -0.39 is 0 Å². The van der Waals surface area contributed by atoms with Gasteiger partial charge in [-0.15, -0.1) is 0 Å². The molecule has 5 rings (SSSR count). The maximum atomic E-state index is 13.9. The lowest BCUT2D eigenvalue weighted by molar-refractivity contribution is 0.628. The summed E-state index contributed by atoms with van der Waals surface area (Å²) in [5, 5.41) is 0.925. The topological polar surface area (TPSA) is 41.9 Å². The Labute approximate surface area is 163 Å². The second kappa shape index (κ2) is 6.39. The first-order valence-corrected chi connectivity index (χ1v) is 9.42. The van der Waals surface area contributed by atoms with Crippen LogP contribution < -0.4 is 4.90 Å². The zero-order chi connectivity index (χ0) is 18.4. The van der Waals surface area contributed by atoms with Crippen LogP contribution in [0.2, 0.25) is 0 Å². The van der Waals surface area contributed by atoms with Crippen molar-refractivity contribution in [3.05, 3.63) is 76.8 Å². The van der Waals surface area contributed by atoms with Crippen LogP contribution in [-0.4, -0.2) is 21.5 Å². The third-order valence-corrected chi connectivity index (χ3v) is 5.25. The molecule has 0 aliphatic carbocycles. The van der Waals surface area contributed by atoms with Crippen molar-refractivity contribution in [3.63, 3.8) is 0 Å². The number of pyridine rings is 1. The van der Waals surface area contributed by atoms with E-state index in [0.29, 0.717) is 5.82 Å². The highest BCUT2D eigenvalue weighted by molar-refractivity contribution is 9.10. The molecule has 3 heterocycles. The minimum absolute atomic E-state index is 0.243. The molecule has 0 unspecified atom stereocenters. The van der Waals surface area contributed by atoms with Gasteiger partial charge in [0.1, 0.15) is 11.6 Å². The number of anilines is 2. The van der Waals surface area contributed by atoms with Gasteiger partial charge in [-0.05, 0) is 54.4 Å². The van der Waals surface area contributed by atoms with E-state index in [4.69, 9.17) is 9.97 Å². The second-order valence-electron chi connectivity index (χ2n) is 6.45. The Balaban J connectivity index is 1.76. The summed E-state index contributed by atoms with van der Waals surface area (Å²) >= 11 is 3.54. The van der Waals surface area contributed by atoms with Gasteiger partial charge >= 0.3 is 0 Å². The van der Waals surface area contributed by atoms with Gasteiger partial charge in [0.2, 0.25) is 0 Å². The predicted molar refractivity (Wildman–Crippen MR) is 108 cm³/mol. The Kier molecular flexibility index (Phi) is 3.86. The lowest BCUT2D eigenvalue weighted by Crippen LogP contribution is -2.16. The Morgan fingerprint density at radius 1 is 1.04 bits per heavy atom. The van der Waals surface area contributed by atoms with Crippen molar-refractivity contribution in [3.8, 4) is 11.4 Å². The smallest absolute Gasteiger partial charge is 0.163 e. The number of nitrogens with zero attached hydrogens (tertiary/aromatic N) is 4. The minimum Gasteiger partial charge on any atom is -0.325 e. The number of fused-ring (bicyclic) bond motifs is 2. The third kappa shape index (κ3) is 2.86. The van der Waals surface area contributed by atoms with E-state index >= 15 is 0 Å². The van der Waals surface area contributed by atoms with Crippen LogP contribution in [0.3, 0.4) is 0 Å². The third-order valence-electron chi connectivity index (χ3n) is 4.76. The molecule has 4 aromatic rings. The molecule has 0 N–H and O–H groups in total. The molecule has 0 saturated carbocycles. The maximum absolute atomic E-state index is 13.9. The van der Waals surface area contributed by atoms with E-state index in [2.05, 4.69) is 25.8 Å². The molecule has 0 amide bonds. The Bertz CT molecular complexity index is 1160. The highest BCUT2D eigenvalue weighted by Gasteiger charge is 2.25. The Morgan fingerprint density at radius 3 is 2.81 bits per heavy atom. The predicted octanol–water partition coefficient (Wildman–Crippen LogP) is 5.29. The van der Waals surface area contributed by atoms with E-state index in [0.717, 1.165) is 51.0 Å². The van der Waals surface area contributed by atoms with Crippen LogP contribution in [0.4, 0.5) is 15.9 Å². The number of aromatic nitrogens is 3. The summed E-state index contributed by atoms with van der Waals surface area (Å²) in [6.45, 7) is 0.754. The molecular weight excluding hydrogens is 407 g/mol. The lowest BCUT2D eigenvalue weighted by atomic mass is 10.1. The van der Waals surface area contributed by atoms with Crippen molar-refractivity contribution in [2.45, 2.75) is 6.42 Å². The van der Waals surface area contributed by atoms with Gasteiger partial charge in [0, 0.05) is 40.0 Å².